The van der Waals surface area contributed by atoms with Crippen molar-refractivity contribution in [1.29, 1.82) is 0 Å². The van der Waals surface area contributed by atoms with Gasteiger partial charge in [-0.25, -0.2) is 0 Å². The molecule has 1 atom stereocenters. The molecule has 0 aliphatic carbocycles. The quantitative estimate of drug-likeness (QED) is 0.524. The number of halogens is 2. The zero-order valence-corrected chi connectivity index (χ0v) is 12.4. The summed E-state index contributed by atoms with van der Waals surface area (Å²) in [6.07, 6.45) is 2.89. The molecular formula is C15H14Cl2S. The van der Waals surface area contributed by atoms with Gasteiger partial charge in [0.1, 0.15) is 0 Å². The monoisotopic (exact) mass is 296 g/mol. The van der Waals surface area contributed by atoms with Gasteiger partial charge in [0.25, 0.3) is 0 Å². The molecule has 0 aliphatic heterocycles. The number of thioether (sulfide) groups is 1. The molecule has 2 aromatic carbocycles. The molecule has 0 nitrogen and oxygen atoms in total. The SMILES string of the molecule is CSc1ccccc1C(Cl)Cc1ccc(Cl)cc1. The lowest BCUT2D eigenvalue weighted by molar-refractivity contribution is 0.897. The molecular weight excluding hydrogens is 283 g/mol. The second-order valence-corrected chi connectivity index (χ2v) is 5.85. The maximum absolute atomic E-state index is 6.52. The molecule has 0 amide bonds. The highest BCUT2D eigenvalue weighted by Crippen LogP contribution is 2.32. The van der Waals surface area contributed by atoms with Gasteiger partial charge >= 0.3 is 0 Å². The number of alkyl halides is 1. The van der Waals surface area contributed by atoms with E-state index in [1.165, 1.54) is 16.0 Å². The van der Waals surface area contributed by atoms with E-state index in [0.29, 0.717) is 0 Å². The summed E-state index contributed by atoms with van der Waals surface area (Å²) in [5.74, 6) is 0. The maximum atomic E-state index is 6.52. The van der Waals surface area contributed by atoms with Gasteiger partial charge in [-0.05, 0) is 42.0 Å². The molecule has 94 valence electrons. The fraction of sp³-hybridized carbons (Fsp3) is 0.200. The third-order valence-electron chi connectivity index (χ3n) is 2.80. The number of rotatable bonds is 4. The third kappa shape index (κ3) is 3.44. The Morgan fingerprint density at radius 1 is 1.06 bits per heavy atom. The van der Waals surface area contributed by atoms with Crippen molar-refractivity contribution in [2.75, 3.05) is 6.26 Å². The number of hydrogen-bond donors (Lipinski definition) is 0. The second kappa shape index (κ2) is 6.51. The summed E-state index contributed by atoms with van der Waals surface area (Å²) in [7, 11) is 0. The maximum Gasteiger partial charge on any atom is 0.0636 e. The van der Waals surface area contributed by atoms with Crippen LogP contribution in [0.2, 0.25) is 5.02 Å². The van der Waals surface area contributed by atoms with E-state index in [4.69, 9.17) is 23.2 Å². The van der Waals surface area contributed by atoms with Crippen molar-refractivity contribution in [2.45, 2.75) is 16.7 Å². The average Bonchev–Trinajstić information content (AvgIpc) is 2.41. The first-order chi connectivity index (χ1) is 8.70. The molecule has 0 heterocycles. The van der Waals surface area contributed by atoms with E-state index in [0.717, 1.165) is 11.4 Å². The van der Waals surface area contributed by atoms with E-state index >= 15 is 0 Å². The summed E-state index contributed by atoms with van der Waals surface area (Å²) < 4.78 is 0. The molecule has 1 unspecified atom stereocenters. The molecule has 0 N–H and O–H groups in total. The van der Waals surface area contributed by atoms with Crippen LogP contribution in [0.15, 0.2) is 53.4 Å². The molecule has 2 rings (SSSR count). The molecule has 3 heteroatoms. The van der Waals surface area contributed by atoms with E-state index in [1.807, 2.05) is 36.4 Å². The van der Waals surface area contributed by atoms with Crippen molar-refractivity contribution in [3.05, 3.63) is 64.7 Å². The first kappa shape index (κ1) is 13.8. The zero-order chi connectivity index (χ0) is 13.0. The van der Waals surface area contributed by atoms with Crippen LogP contribution in [0.25, 0.3) is 0 Å². The standard InChI is InChI=1S/C15H14Cl2S/c1-18-15-5-3-2-4-13(15)14(17)10-11-6-8-12(16)9-7-11/h2-9,14H,10H2,1H3. The summed E-state index contributed by atoms with van der Waals surface area (Å²) in [5.41, 5.74) is 2.40. The van der Waals surface area contributed by atoms with E-state index in [1.54, 1.807) is 11.8 Å². The highest BCUT2D eigenvalue weighted by molar-refractivity contribution is 7.98. The van der Waals surface area contributed by atoms with Gasteiger partial charge in [-0.15, -0.1) is 23.4 Å². The van der Waals surface area contributed by atoms with Crippen molar-refractivity contribution >= 4 is 35.0 Å². The lowest BCUT2D eigenvalue weighted by Crippen LogP contribution is -1.97. The van der Waals surface area contributed by atoms with Gasteiger partial charge < -0.3 is 0 Å². The van der Waals surface area contributed by atoms with Crippen LogP contribution in [-0.4, -0.2) is 6.26 Å². The van der Waals surface area contributed by atoms with Crippen molar-refractivity contribution < 1.29 is 0 Å². The summed E-state index contributed by atoms with van der Waals surface area (Å²) in [4.78, 5) is 1.24. The highest BCUT2D eigenvalue weighted by atomic mass is 35.5. The Morgan fingerprint density at radius 3 is 2.39 bits per heavy atom. The molecule has 0 spiro atoms. The summed E-state index contributed by atoms with van der Waals surface area (Å²) in [6.45, 7) is 0. The Labute approximate surface area is 122 Å². The van der Waals surface area contributed by atoms with Gasteiger partial charge in [-0.1, -0.05) is 41.9 Å². The predicted molar refractivity (Wildman–Crippen MR) is 82.0 cm³/mol. The van der Waals surface area contributed by atoms with Gasteiger partial charge in [0.15, 0.2) is 0 Å². The van der Waals surface area contributed by atoms with E-state index in [2.05, 4.69) is 18.4 Å². The largest absolute Gasteiger partial charge is 0.129 e. The lowest BCUT2D eigenvalue weighted by Gasteiger charge is -2.13. The highest BCUT2D eigenvalue weighted by Gasteiger charge is 2.12. The van der Waals surface area contributed by atoms with Crippen LogP contribution in [0.5, 0.6) is 0 Å². The zero-order valence-electron chi connectivity index (χ0n) is 10.1. The molecule has 18 heavy (non-hydrogen) atoms. The van der Waals surface area contributed by atoms with Crippen LogP contribution in [0, 0.1) is 0 Å². The summed E-state index contributed by atoms with van der Waals surface area (Å²) in [5, 5.41) is 0.754. The van der Waals surface area contributed by atoms with Gasteiger partial charge in [-0.2, -0.15) is 0 Å². The Balaban J connectivity index is 2.16. The summed E-state index contributed by atoms with van der Waals surface area (Å²) >= 11 is 14.1. The van der Waals surface area contributed by atoms with Crippen LogP contribution < -0.4 is 0 Å². The predicted octanol–water partition coefficient (Wildman–Crippen LogP) is 5.58. The minimum Gasteiger partial charge on any atom is -0.129 e. The molecule has 0 saturated carbocycles. The average molecular weight is 297 g/mol. The molecule has 0 saturated heterocycles. The van der Waals surface area contributed by atoms with Crippen LogP contribution in [0.3, 0.4) is 0 Å². The van der Waals surface area contributed by atoms with Crippen LogP contribution in [0.4, 0.5) is 0 Å². The molecule has 0 bridgehead atoms. The first-order valence-electron chi connectivity index (χ1n) is 5.72. The van der Waals surface area contributed by atoms with Crippen LogP contribution in [0.1, 0.15) is 16.5 Å². The van der Waals surface area contributed by atoms with Crippen molar-refractivity contribution in [3.63, 3.8) is 0 Å². The van der Waals surface area contributed by atoms with Gasteiger partial charge in [0.05, 0.1) is 5.38 Å². The first-order valence-corrected chi connectivity index (χ1v) is 7.76. The van der Waals surface area contributed by atoms with Crippen molar-refractivity contribution in [1.82, 2.24) is 0 Å². The van der Waals surface area contributed by atoms with Crippen molar-refractivity contribution in [3.8, 4) is 0 Å². The van der Waals surface area contributed by atoms with Gasteiger partial charge in [0, 0.05) is 9.92 Å². The van der Waals surface area contributed by atoms with Gasteiger partial charge in [-0.3, -0.25) is 0 Å². The van der Waals surface area contributed by atoms with E-state index in [-0.39, 0.29) is 5.38 Å². The Kier molecular flexibility index (Phi) is 4.99. The fourth-order valence-electron chi connectivity index (χ4n) is 1.86. The third-order valence-corrected chi connectivity index (χ3v) is 4.26. The summed E-state index contributed by atoms with van der Waals surface area (Å²) in [6, 6.07) is 16.1. The van der Waals surface area contributed by atoms with E-state index < -0.39 is 0 Å². The van der Waals surface area contributed by atoms with Gasteiger partial charge in [0.2, 0.25) is 0 Å². The normalized spacial score (nSPS) is 12.4. The Bertz CT molecular complexity index is 508. The minimum absolute atomic E-state index is 0.00479. The molecule has 0 radical (unpaired) electrons. The minimum atomic E-state index is -0.00479. The van der Waals surface area contributed by atoms with E-state index in [9.17, 15) is 0 Å². The molecule has 2 aromatic rings. The molecule has 0 aliphatic rings. The number of hydrogen-bond acceptors (Lipinski definition) is 1. The molecule has 0 aromatic heterocycles. The smallest absolute Gasteiger partial charge is 0.0636 e. The molecule has 0 fully saturated rings. The fourth-order valence-corrected chi connectivity index (χ4v) is 3.08. The second-order valence-electron chi connectivity index (χ2n) is 4.04. The number of benzene rings is 2. The Morgan fingerprint density at radius 2 is 1.72 bits per heavy atom. The van der Waals surface area contributed by atoms with Crippen LogP contribution >= 0.6 is 35.0 Å². The lowest BCUT2D eigenvalue weighted by atomic mass is 10.0. The van der Waals surface area contributed by atoms with Crippen molar-refractivity contribution in [2.24, 2.45) is 0 Å². The van der Waals surface area contributed by atoms with Crippen LogP contribution in [-0.2, 0) is 6.42 Å². The topological polar surface area (TPSA) is 0 Å². The Hall–Kier alpha value is -0.630.